The topological polar surface area (TPSA) is 64.6 Å². The molecule has 5 heteroatoms. The lowest BCUT2D eigenvalue weighted by atomic mass is 9.69. The van der Waals surface area contributed by atoms with Gasteiger partial charge in [-0.2, -0.15) is 0 Å². The van der Waals surface area contributed by atoms with E-state index in [9.17, 15) is 9.59 Å². The van der Waals surface area contributed by atoms with Crippen molar-refractivity contribution >= 4 is 12.1 Å². The van der Waals surface area contributed by atoms with Crippen LogP contribution >= 0.6 is 0 Å². The van der Waals surface area contributed by atoms with Crippen LogP contribution in [0.1, 0.15) is 66.7 Å². The van der Waals surface area contributed by atoms with Crippen molar-refractivity contribution in [2.75, 3.05) is 13.2 Å². The van der Waals surface area contributed by atoms with Crippen LogP contribution in [0.25, 0.3) is 0 Å². The smallest absolute Gasteiger partial charge is 0.407 e. The van der Waals surface area contributed by atoms with Gasteiger partial charge < -0.3 is 14.8 Å². The van der Waals surface area contributed by atoms with E-state index in [4.69, 9.17) is 9.47 Å². The van der Waals surface area contributed by atoms with Gasteiger partial charge in [-0.05, 0) is 53.4 Å². The average Bonchev–Trinajstić information content (AvgIpc) is 2.44. The van der Waals surface area contributed by atoms with Crippen molar-refractivity contribution < 1.29 is 19.1 Å². The molecule has 0 heterocycles. The number of rotatable bonds is 5. The molecule has 128 valence electrons. The number of carbonyl (C=O) groups excluding carboxylic acids is 2. The van der Waals surface area contributed by atoms with Crippen LogP contribution in [0.2, 0.25) is 0 Å². The van der Waals surface area contributed by atoms with Gasteiger partial charge in [0.15, 0.2) is 0 Å². The largest absolute Gasteiger partial charge is 0.466 e. The molecule has 0 aromatic heterocycles. The van der Waals surface area contributed by atoms with Gasteiger partial charge in [0.05, 0.1) is 12.0 Å². The zero-order valence-electron chi connectivity index (χ0n) is 14.7. The molecule has 1 fully saturated rings. The highest BCUT2D eigenvalue weighted by atomic mass is 16.6. The monoisotopic (exact) mass is 313 g/mol. The lowest BCUT2D eigenvalue weighted by Gasteiger charge is -2.37. The number of esters is 1. The molecule has 1 atom stereocenters. The summed E-state index contributed by atoms with van der Waals surface area (Å²) in [7, 11) is 0. The number of hydrogen-bond acceptors (Lipinski definition) is 4. The second-order valence-corrected chi connectivity index (χ2v) is 7.33. The number of ether oxygens (including phenoxy) is 2. The molecule has 1 amide bonds. The maximum atomic E-state index is 12.4. The van der Waals surface area contributed by atoms with Crippen LogP contribution < -0.4 is 5.32 Å². The van der Waals surface area contributed by atoms with Crippen LogP contribution in [-0.2, 0) is 14.3 Å². The first-order valence-corrected chi connectivity index (χ1v) is 8.33. The lowest BCUT2D eigenvalue weighted by molar-refractivity contribution is -0.158. The minimum atomic E-state index is -0.687. The third kappa shape index (κ3) is 5.50. The van der Waals surface area contributed by atoms with Crippen LogP contribution in [0.15, 0.2) is 0 Å². The van der Waals surface area contributed by atoms with E-state index in [0.717, 1.165) is 25.7 Å². The molecule has 1 saturated carbocycles. The molecular formula is C17H31NO4. The molecular weight excluding hydrogens is 282 g/mol. The molecule has 0 aromatic carbocycles. The van der Waals surface area contributed by atoms with Gasteiger partial charge in [0.1, 0.15) is 5.60 Å². The Kier molecular flexibility index (Phi) is 6.69. The summed E-state index contributed by atoms with van der Waals surface area (Å²) in [6, 6.07) is 0. The Balaban J connectivity index is 2.73. The highest BCUT2D eigenvalue weighted by Crippen LogP contribution is 2.39. The van der Waals surface area contributed by atoms with Crippen LogP contribution in [0.3, 0.4) is 0 Å². The van der Waals surface area contributed by atoms with Gasteiger partial charge in [0.25, 0.3) is 0 Å². The first-order valence-electron chi connectivity index (χ1n) is 8.33. The summed E-state index contributed by atoms with van der Waals surface area (Å²) in [5.74, 6) is 0.0215. The lowest BCUT2D eigenvalue weighted by Crippen LogP contribution is -2.48. The van der Waals surface area contributed by atoms with Crippen LogP contribution in [-0.4, -0.2) is 30.8 Å². The third-order valence-electron chi connectivity index (χ3n) is 4.25. The summed E-state index contributed by atoms with van der Waals surface area (Å²) in [6.07, 6.45) is 5.00. The first kappa shape index (κ1) is 18.8. The Labute approximate surface area is 134 Å². The number of carbonyl (C=O) groups is 2. The zero-order valence-corrected chi connectivity index (χ0v) is 14.7. The maximum absolute atomic E-state index is 12.4. The molecule has 0 spiro atoms. The molecule has 5 nitrogen and oxygen atoms in total. The number of hydrogen-bond donors (Lipinski definition) is 1. The fourth-order valence-corrected chi connectivity index (χ4v) is 2.99. The van der Waals surface area contributed by atoms with Crippen LogP contribution in [0, 0.1) is 11.3 Å². The molecule has 1 rings (SSSR count). The Morgan fingerprint density at radius 1 is 1.09 bits per heavy atom. The normalized spacial score (nSPS) is 19.1. The van der Waals surface area contributed by atoms with Crippen LogP contribution in [0.4, 0.5) is 4.79 Å². The quantitative estimate of drug-likeness (QED) is 0.787. The van der Waals surface area contributed by atoms with Gasteiger partial charge in [-0.25, -0.2) is 4.79 Å². The molecule has 22 heavy (non-hydrogen) atoms. The molecule has 0 bridgehead atoms. The van der Waals surface area contributed by atoms with Crippen molar-refractivity contribution in [1.29, 1.82) is 0 Å². The third-order valence-corrected chi connectivity index (χ3v) is 4.25. The van der Waals surface area contributed by atoms with E-state index in [2.05, 4.69) is 5.32 Å². The fraction of sp³-hybridized carbons (Fsp3) is 0.882. The molecule has 1 unspecified atom stereocenters. The van der Waals surface area contributed by atoms with E-state index in [0.29, 0.717) is 6.61 Å². The van der Waals surface area contributed by atoms with Gasteiger partial charge in [0, 0.05) is 6.54 Å². The maximum Gasteiger partial charge on any atom is 0.407 e. The predicted octanol–water partition coefficient (Wildman–Crippen LogP) is 3.66. The summed E-state index contributed by atoms with van der Waals surface area (Å²) in [5.41, 5.74) is -1.23. The van der Waals surface area contributed by atoms with E-state index in [1.165, 1.54) is 6.42 Å². The standard InChI is InChI=1S/C17H31NO4/c1-6-21-14(19)17(5,13-10-8-7-9-11-13)12-18-15(20)22-16(2,3)4/h13H,6-12H2,1-5H3,(H,18,20). The van der Waals surface area contributed by atoms with Crippen molar-refractivity contribution in [3.05, 3.63) is 0 Å². The Morgan fingerprint density at radius 3 is 2.18 bits per heavy atom. The SMILES string of the molecule is CCOC(=O)C(C)(CNC(=O)OC(C)(C)C)C1CCCCC1. The Hall–Kier alpha value is -1.26. The minimum Gasteiger partial charge on any atom is -0.466 e. The predicted molar refractivity (Wildman–Crippen MR) is 85.6 cm³/mol. The van der Waals surface area contributed by atoms with Gasteiger partial charge in [0.2, 0.25) is 0 Å². The van der Waals surface area contributed by atoms with E-state index < -0.39 is 17.1 Å². The summed E-state index contributed by atoms with van der Waals surface area (Å²) in [5, 5.41) is 2.75. The van der Waals surface area contributed by atoms with E-state index in [1.807, 2.05) is 27.7 Å². The minimum absolute atomic E-state index is 0.224. The van der Waals surface area contributed by atoms with Gasteiger partial charge in [-0.1, -0.05) is 19.3 Å². The first-order chi connectivity index (χ1) is 10.2. The Morgan fingerprint density at radius 2 is 1.68 bits per heavy atom. The average molecular weight is 313 g/mol. The second-order valence-electron chi connectivity index (χ2n) is 7.33. The van der Waals surface area contributed by atoms with E-state index >= 15 is 0 Å². The molecule has 0 aliphatic heterocycles. The molecule has 0 radical (unpaired) electrons. The van der Waals surface area contributed by atoms with Crippen molar-refractivity contribution in [3.63, 3.8) is 0 Å². The fourth-order valence-electron chi connectivity index (χ4n) is 2.99. The van der Waals surface area contributed by atoms with Crippen molar-refractivity contribution in [3.8, 4) is 0 Å². The molecule has 0 saturated heterocycles. The van der Waals surface area contributed by atoms with E-state index in [-0.39, 0.29) is 18.4 Å². The molecule has 0 aromatic rings. The number of alkyl carbamates (subject to hydrolysis) is 1. The second kappa shape index (κ2) is 7.84. The van der Waals surface area contributed by atoms with Gasteiger partial charge in [-0.15, -0.1) is 0 Å². The molecule has 1 aliphatic carbocycles. The number of nitrogens with one attached hydrogen (secondary N) is 1. The number of amides is 1. The summed E-state index contributed by atoms with van der Waals surface area (Å²) < 4.78 is 10.5. The molecule has 1 aliphatic rings. The Bertz CT molecular complexity index is 383. The van der Waals surface area contributed by atoms with Crippen molar-refractivity contribution in [2.24, 2.45) is 11.3 Å². The summed E-state index contributed by atoms with van der Waals surface area (Å²) in [6.45, 7) is 9.77. The van der Waals surface area contributed by atoms with Crippen molar-refractivity contribution in [1.82, 2.24) is 5.32 Å². The van der Waals surface area contributed by atoms with Crippen molar-refractivity contribution in [2.45, 2.75) is 72.3 Å². The van der Waals surface area contributed by atoms with Gasteiger partial charge in [-0.3, -0.25) is 4.79 Å². The van der Waals surface area contributed by atoms with Crippen LogP contribution in [0.5, 0.6) is 0 Å². The van der Waals surface area contributed by atoms with Gasteiger partial charge >= 0.3 is 12.1 Å². The highest BCUT2D eigenvalue weighted by molar-refractivity contribution is 5.78. The summed E-state index contributed by atoms with van der Waals surface area (Å²) in [4.78, 5) is 24.3. The zero-order chi connectivity index (χ0) is 16.8. The highest BCUT2D eigenvalue weighted by Gasteiger charge is 2.43. The molecule has 1 N–H and O–H groups in total. The van der Waals surface area contributed by atoms with E-state index in [1.54, 1.807) is 6.92 Å². The summed E-state index contributed by atoms with van der Waals surface area (Å²) >= 11 is 0.